The van der Waals surface area contributed by atoms with Crippen LogP contribution in [0.25, 0.3) is 0 Å². The molecule has 0 aromatic heterocycles. The first-order valence-corrected chi connectivity index (χ1v) is 7.50. The molecule has 0 saturated carbocycles. The predicted octanol–water partition coefficient (Wildman–Crippen LogP) is 3.98. The first kappa shape index (κ1) is 16.1. The van der Waals surface area contributed by atoms with Crippen molar-refractivity contribution in [2.24, 2.45) is 0 Å². The third-order valence-corrected chi connectivity index (χ3v) is 4.23. The Morgan fingerprint density at radius 3 is 2.62 bits per heavy atom. The van der Waals surface area contributed by atoms with Gasteiger partial charge in [0.05, 0.1) is 5.56 Å². The highest BCUT2D eigenvalue weighted by atomic mass is 19.4. The number of anilines is 1. The van der Waals surface area contributed by atoms with Gasteiger partial charge in [0.25, 0.3) is 0 Å². The summed E-state index contributed by atoms with van der Waals surface area (Å²) in [4.78, 5) is 2.09. The zero-order valence-electron chi connectivity index (χ0n) is 12.8. The van der Waals surface area contributed by atoms with E-state index in [1.54, 1.807) is 12.1 Å². The SMILES string of the molecule is CCNC1CCN(c2ccc(C)c(C(F)(F)F)c2)C(C)C1. The molecule has 2 rings (SSSR count). The fraction of sp³-hybridized carbons (Fsp3) is 0.625. The molecule has 0 radical (unpaired) electrons. The van der Waals surface area contributed by atoms with Crippen LogP contribution in [0.3, 0.4) is 0 Å². The van der Waals surface area contributed by atoms with Crippen molar-refractivity contribution in [2.45, 2.75) is 51.9 Å². The summed E-state index contributed by atoms with van der Waals surface area (Å²) in [6, 6.07) is 5.37. The largest absolute Gasteiger partial charge is 0.416 e. The highest BCUT2D eigenvalue weighted by Gasteiger charge is 2.33. The average molecular weight is 300 g/mol. The molecule has 1 aliphatic heterocycles. The van der Waals surface area contributed by atoms with Crippen LogP contribution >= 0.6 is 0 Å². The van der Waals surface area contributed by atoms with Gasteiger partial charge in [-0.15, -0.1) is 0 Å². The fourth-order valence-corrected chi connectivity index (χ4v) is 3.12. The molecule has 118 valence electrons. The van der Waals surface area contributed by atoms with Crippen LogP contribution in [0.1, 0.15) is 37.8 Å². The number of halogens is 3. The Labute approximate surface area is 124 Å². The van der Waals surface area contributed by atoms with Gasteiger partial charge >= 0.3 is 6.18 Å². The molecule has 1 aromatic rings. The number of rotatable bonds is 3. The molecular weight excluding hydrogens is 277 g/mol. The van der Waals surface area contributed by atoms with Crippen LogP contribution in [0.4, 0.5) is 18.9 Å². The van der Waals surface area contributed by atoms with E-state index >= 15 is 0 Å². The van der Waals surface area contributed by atoms with Crippen molar-refractivity contribution in [1.29, 1.82) is 0 Å². The molecule has 2 unspecified atom stereocenters. The van der Waals surface area contributed by atoms with E-state index in [2.05, 4.69) is 24.1 Å². The predicted molar refractivity (Wildman–Crippen MR) is 79.7 cm³/mol. The lowest BCUT2D eigenvalue weighted by Crippen LogP contribution is -2.47. The van der Waals surface area contributed by atoms with Gasteiger partial charge in [0.1, 0.15) is 0 Å². The molecular formula is C16H23F3N2. The van der Waals surface area contributed by atoms with Crippen LogP contribution in [0.5, 0.6) is 0 Å². The molecule has 2 nitrogen and oxygen atoms in total. The second-order valence-corrected chi connectivity index (χ2v) is 5.82. The van der Waals surface area contributed by atoms with Crippen molar-refractivity contribution in [3.05, 3.63) is 29.3 Å². The summed E-state index contributed by atoms with van der Waals surface area (Å²) in [6.45, 7) is 7.38. The number of aryl methyl sites for hydroxylation is 1. The third kappa shape index (κ3) is 3.70. The Hall–Kier alpha value is -1.23. The van der Waals surface area contributed by atoms with Crippen molar-refractivity contribution in [2.75, 3.05) is 18.0 Å². The Kier molecular flexibility index (Phi) is 4.81. The van der Waals surface area contributed by atoms with Crippen molar-refractivity contribution >= 4 is 5.69 Å². The summed E-state index contributed by atoms with van der Waals surface area (Å²) in [5, 5.41) is 3.42. The summed E-state index contributed by atoms with van der Waals surface area (Å²) in [7, 11) is 0. The van der Waals surface area contributed by atoms with Crippen molar-refractivity contribution in [1.82, 2.24) is 5.32 Å². The van der Waals surface area contributed by atoms with Gasteiger partial charge in [-0.2, -0.15) is 13.2 Å². The zero-order valence-corrected chi connectivity index (χ0v) is 12.8. The summed E-state index contributed by atoms with van der Waals surface area (Å²) < 4.78 is 39.1. The number of piperidine rings is 1. The van der Waals surface area contributed by atoms with Crippen molar-refractivity contribution in [3.63, 3.8) is 0 Å². The monoisotopic (exact) mass is 300 g/mol. The van der Waals surface area contributed by atoms with E-state index in [-0.39, 0.29) is 11.6 Å². The minimum absolute atomic E-state index is 0.242. The number of nitrogens with one attached hydrogen (secondary N) is 1. The van der Waals surface area contributed by atoms with Gasteiger partial charge in [0.2, 0.25) is 0 Å². The first-order chi connectivity index (χ1) is 9.82. The van der Waals surface area contributed by atoms with Crippen LogP contribution in [0, 0.1) is 6.92 Å². The van der Waals surface area contributed by atoms with Crippen LogP contribution in [-0.4, -0.2) is 25.2 Å². The number of benzene rings is 1. The molecule has 0 bridgehead atoms. The van der Waals surface area contributed by atoms with E-state index in [0.717, 1.165) is 25.9 Å². The molecule has 0 spiro atoms. The summed E-state index contributed by atoms with van der Waals surface area (Å²) >= 11 is 0. The van der Waals surface area contributed by atoms with E-state index in [9.17, 15) is 13.2 Å². The van der Waals surface area contributed by atoms with Gasteiger partial charge in [0, 0.05) is 24.3 Å². The maximum absolute atomic E-state index is 13.0. The number of alkyl halides is 3. The summed E-state index contributed by atoms with van der Waals surface area (Å²) in [5.74, 6) is 0. The normalized spacial score (nSPS) is 23.4. The lowest BCUT2D eigenvalue weighted by molar-refractivity contribution is -0.138. The van der Waals surface area contributed by atoms with Gasteiger partial charge in [-0.3, -0.25) is 0 Å². The Morgan fingerprint density at radius 2 is 2.05 bits per heavy atom. The number of hydrogen-bond acceptors (Lipinski definition) is 2. The van der Waals surface area contributed by atoms with Gasteiger partial charge < -0.3 is 10.2 Å². The van der Waals surface area contributed by atoms with Crippen molar-refractivity contribution in [3.8, 4) is 0 Å². The fourth-order valence-electron chi connectivity index (χ4n) is 3.12. The van der Waals surface area contributed by atoms with E-state index in [1.165, 1.54) is 13.0 Å². The molecule has 1 saturated heterocycles. The third-order valence-electron chi connectivity index (χ3n) is 4.23. The molecule has 1 aromatic carbocycles. The molecule has 1 heterocycles. The Balaban J connectivity index is 2.19. The van der Waals surface area contributed by atoms with Gasteiger partial charge in [0.15, 0.2) is 0 Å². The van der Waals surface area contributed by atoms with E-state index < -0.39 is 11.7 Å². The minimum Gasteiger partial charge on any atom is -0.369 e. The molecule has 5 heteroatoms. The molecule has 2 atom stereocenters. The number of nitrogens with zero attached hydrogens (tertiary/aromatic N) is 1. The topological polar surface area (TPSA) is 15.3 Å². The summed E-state index contributed by atoms with van der Waals surface area (Å²) in [6.07, 6.45) is -2.36. The lowest BCUT2D eigenvalue weighted by Gasteiger charge is -2.40. The average Bonchev–Trinajstić information content (AvgIpc) is 2.39. The lowest BCUT2D eigenvalue weighted by atomic mass is 9.96. The van der Waals surface area contributed by atoms with E-state index in [1.807, 2.05) is 0 Å². The van der Waals surface area contributed by atoms with Gasteiger partial charge in [-0.1, -0.05) is 13.0 Å². The standard InChI is InChI=1S/C16H23F3N2/c1-4-20-13-7-8-21(12(3)9-13)14-6-5-11(2)15(10-14)16(17,18)19/h5-6,10,12-13,20H,4,7-9H2,1-3H3. The zero-order chi connectivity index (χ0) is 15.6. The van der Waals surface area contributed by atoms with Crippen molar-refractivity contribution < 1.29 is 13.2 Å². The van der Waals surface area contributed by atoms with Crippen LogP contribution in [0.2, 0.25) is 0 Å². The molecule has 21 heavy (non-hydrogen) atoms. The highest BCUT2D eigenvalue weighted by molar-refractivity contribution is 5.52. The van der Waals surface area contributed by atoms with E-state index in [0.29, 0.717) is 11.7 Å². The molecule has 0 amide bonds. The van der Waals surface area contributed by atoms with Gasteiger partial charge in [-0.25, -0.2) is 0 Å². The van der Waals surface area contributed by atoms with Gasteiger partial charge in [-0.05, 0) is 50.9 Å². The molecule has 1 fully saturated rings. The van der Waals surface area contributed by atoms with Crippen LogP contribution in [0.15, 0.2) is 18.2 Å². The maximum Gasteiger partial charge on any atom is 0.416 e. The first-order valence-electron chi connectivity index (χ1n) is 7.50. The Morgan fingerprint density at radius 1 is 1.33 bits per heavy atom. The smallest absolute Gasteiger partial charge is 0.369 e. The number of hydrogen-bond donors (Lipinski definition) is 1. The minimum atomic E-state index is -4.29. The summed E-state index contributed by atoms with van der Waals surface area (Å²) in [5.41, 5.74) is 0.429. The molecule has 1 N–H and O–H groups in total. The molecule has 1 aliphatic rings. The molecule has 0 aliphatic carbocycles. The Bertz CT molecular complexity index is 485. The van der Waals surface area contributed by atoms with Crippen LogP contribution < -0.4 is 10.2 Å². The maximum atomic E-state index is 13.0. The quantitative estimate of drug-likeness (QED) is 0.908. The van der Waals surface area contributed by atoms with E-state index in [4.69, 9.17) is 0 Å². The highest BCUT2D eigenvalue weighted by Crippen LogP contribution is 2.35. The van der Waals surface area contributed by atoms with Crippen LogP contribution in [-0.2, 0) is 6.18 Å². The second-order valence-electron chi connectivity index (χ2n) is 5.82. The second kappa shape index (κ2) is 6.26.